The van der Waals surface area contributed by atoms with Gasteiger partial charge in [-0.25, -0.2) is 8.42 Å². The van der Waals surface area contributed by atoms with E-state index in [4.69, 9.17) is 16.3 Å². The van der Waals surface area contributed by atoms with E-state index in [0.717, 1.165) is 29.4 Å². The maximum absolute atomic E-state index is 11.7. The molecule has 2 aromatic rings. The van der Waals surface area contributed by atoms with Crippen LogP contribution in [0, 0.1) is 6.92 Å². The second kappa shape index (κ2) is 7.11. The summed E-state index contributed by atoms with van der Waals surface area (Å²) in [6.45, 7) is 2.96. The van der Waals surface area contributed by atoms with Gasteiger partial charge >= 0.3 is 0 Å². The highest BCUT2D eigenvalue weighted by Crippen LogP contribution is 2.22. The lowest BCUT2D eigenvalue weighted by Gasteiger charge is -2.10. The molecule has 0 atom stereocenters. The van der Waals surface area contributed by atoms with Crippen molar-refractivity contribution in [1.29, 1.82) is 0 Å². The van der Waals surface area contributed by atoms with Crippen molar-refractivity contribution in [2.24, 2.45) is 0 Å². The Kier molecular flexibility index (Phi) is 5.10. The zero-order valence-corrected chi connectivity index (χ0v) is 15.1. The Morgan fingerprint density at radius 2 is 2.12 bits per heavy atom. The van der Waals surface area contributed by atoms with E-state index in [2.05, 4.69) is 10.2 Å². The van der Waals surface area contributed by atoms with E-state index in [1.165, 1.54) is 0 Å². The van der Waals surface area contributed by atoms with E-state index in [1.807, 2.05) is 29.7 Å². The molecule has 2 heterocycles. The minimum absolute atomic E-state index is 0.157. The van der Waals surface area contributed by atoms with Crippen LogP contribution in [0.5, 0.6) is 5.75 Å². The lowest BCUT2D eigenvalue weighted by Crippen LogP contribution is -2.14. The summed E-state index contributed by atoms with van der Waals surface area (Å²) in [4.78, 5) is 0. The van der Waals surface area contributed by atoms with Crippen LogP contribution in [0.2, 0.25) is 5.02 Å². The molecular formula is C16H20ClN3O3S. The molecule has 6 nitrogen and oxygen atoms in total. The zero-order chi connectivity index (χ0) is 17.2. The first-order valence-corrected chi connectivity index (χ1v) is 10.1. The van der Waals surface area contributed by atoms with Gasteiger partial charge in [0.15, 0.2) is 9.84 Å². The number of aryl methyl sites for hydroxylation is 3. The Balaban J connectivity index is 1.56. The molecule has 1 aliphatic rings. The molecule has 1 aromatic heterocycles. The molecule has 8 heteroatoms. The van der Waals surface area contributed by atoms with Crippen molar-refractivity contribution in [3.05, 3.63) is 40.4 Å². The highest BCUT2D eigenvalue weighted by molar-refractivity contribution is 7.91. The summed E-state index contributed by atoms with van der Waals surface area (Å²) in [6, 6.07) is 5.55. The van der Waals surface area contributed by atoms with Crippen molar-refractivity contribution < 1.29 is 13.2 Å². The van der Waals surface area contributed by atoms with Gasteiger partial charge in [-0.1, -0.05) is 11.6 Å². The number of ether oxygens (including phenoxy) is 1. The third-order valence-electron chi connectivity index (χ3n) is 4.11. The minimum atomic E-state index is -2.97. The molecule has 1 aromatic carbocycles. The SMILES string of the molecule is Cc1cc(Cl)ccc1OCCCc1nnc2n1CCS(=O)(=O)CC2. The molecule has 0 aliphatic carbocycles. The summed E-state index contributed by atoms with van der Waals surface area (Å²) >= 11 is 5.93. The molecule has 24 heavy (non-hydrogen) atoms. The number of nitrogens with zero attached hydrogens (tertiary/aromatic N) is 3. The predicted molar refractivity (Wildman–Crippen MR) is 92.4 cm³/mol. The van der Waals surface area contributed by atoms with Crippen LogP contribution in [-0.2, 0) is 29.2 Å². The number of rotatable bonds is 5. The molecule has 0 saturated heterocycles. The Bertz CT molecular complexity index is 833. The quantitative estimate of drug-likeness (QED) is 0.755. The van der Waals surface area contributed by atoms with Gasteiger partial charge in [0.2, 0.25) is 0 Å². The first-order valence-electron chi connectivity index (χ1n) is 7.95. The van der Waals surface area contributed by atoms with Gasteiger partial charge in [-0.15, -0.1) is 10.2 Å². The standard InChI is InChI=1S/C16H20ClN3O3S/c1-12-11-13(17)4-5-14(12)23-8-2-3-15-18-19-16-6-9-24(21,22)10-7-20(15)16/h4-5,11H,2-3,6-10H2,1H3. The van der Waals surface area contributed by atoms with Gasteiger partial charge in [-0.05, 0) is 37.1 Å². The number of aromatic nitrogens is 3. The summed E-state index contributed by atoms with van der Waals surface area (Å²) in [5.41, 5.74) is 1.00. The molecule has 1 aliphatic heterocycles. The Labute approximate surface area is 146 Å². The second-order valence-electron chi connectivity index (χ2n) is 5.95. The first-order chi connectivity index (χ1) is 11.4. The van der Waals surface area contributed by atoms with Gasteiger partial charge in [0, 0.05) is 24.4 Å². The maximum atomic E-state index is 11.7. The Hall–Kier alpha value is -1.60. The van der Waals surface area contributed by atoms with E-state index >= 15 is 0 Å². The lowest BCUT2D eigenvalue weighted by atomic mass is 10.2. The summed E-state index contributed by atoms with van der Waals surface area (Å²) < 4.78 is 31.2. The van der Waals surface area contributed by atoms with Crippen LogP contribution >= 0.6 is 11.6 Å². The van der Waals surface area contributed by atoms with Crippen LogP contribution in [0.15, 0.2) is 18.2 Å². The number of fused-ring (bicyclic) bond motifs is 1. The number of sulfone groups is 1. The van der Waals surface area contributed by atoms with Crippen LogP contribution in [0.3, 0.4) is 0 Å². The Morgan fingerprint density at radius 1 is 1.29 bits per heavy atom. The van der Waals surface area contributed by atoms with Crippen LogP contribution < -0.4 is 4.74 Å². The van der Waals surface area contributed by atoms with E-state index < -0.39 is 9.84 Å². The van der Waals surface area contributed by atoms with E-state index in [9.17, 15) is 8.42 Å². The van der Waals surface area contributed by atoms with Gasteiger partial charge in [0.25, 0.3) is 0 Å². The predicted octanol–water partition coefficient (Wildman–Crippen LogP) is 2.22. The van der Waals surface area contributed by atoms with Gasteiger partial charge in [-0.3, -0.25) is 0 Å². The molecule has 130 valence electrons. The number of hydrogen-bond donors (Lipinski definition) is 0. The lowest BCUT2D eigenvalue weighted by molar-refractivity contribution is 0.307. The zero-order valence-electron chi connectivity index (χ0n) is 13.5. The molecule has 0 amide bonds. The van der Waals surface area contributed by atoms with E-state index in [0.29, 0.717) is 31.0 Å². The third kappa shape index (κ3) is 4.08. The summed E-state index contributed by atoms with van der Waals surface area (Å²) in [7, 11) is -2.97. The molecule has 0 bridgehead atoms. The van der Waals surface area contributed by atoms with E-state index in [-0.39, 0.29) is 11.5 Å². The molecule has 0 fully saturated rings. The molecular weight excluding hydrogens is 350 g/mol. The fraction of sp³-hybridized carbons (Fsp3) is 0.500. The van der Waals surface area contributed by atoms with Crippen molar-refractivity contribution >= 4 is 21.4 Å². The maximum Gasteiger partial charge on any atom is 0.152 e. The van der Waals surface area contributed by atoms with Crippen LogP contribution in [0.1, 0.15) is 23.6 Å². The molecule has 0 radical (unpaired) electrons. The fourth-order valence-corrected chi connectivity index (χ4v) is 4.15. The van der Waals surface area contributed by atoms with Gasteiger partial charge in [-0.2, -0.15) is 0 Å². The highest BCUT2D eigenvalue weighted by Gasteiger charge is 2.21. The first kappa shape index (κ1) is 17.2. The van der Waals surface area contributed by atoms with Crippen molar-refractivity contribution in [2.45, 2.75) is 32.7 Å². The number of halogens is 1. The number of hydrogen-bond acceptors (Lipinski definition) is 5. The monoisotopic (exact) mass is 369 g/mol. The highest BCUT2D eigenvalue weighted by atomic mass is 35.5. The number of benzene rings is 1. The molecule has 0 N–H and O–H groups in total. The van der Waals surface area contributed by atoms with Gasteiger partial charge in [0.05, 0.1) is 18.1 Å². The van der Waals surface area contributed by atoms with Crippen LogP contribution in [0.4, 0.5) is 0 Å². The average molecular weight is 370 g/mol. The van der Waals surface area contributed by atoms with Crippen LogP contribution in [0.25, 0.3) is 0 Å². The Morgan fingerprint density at radius 3 is 2.92 bits per heavy atom. The van der Waals surface area contributed by atoms with E-state index in [1.54, 1.807) is 0 Å². The molecule has 0 saturated carbocycles. The summed E-state index contributed by atoms with van der Waals surface area (Å²) in [6.07, 6.45) is 1.93. The molecule has 0 spiro atoms. The summed E-state index contributed by atoms with van der Waals surface area (Å²) in [5.74, 6) is 2.74. The van der Waals surface area contributed by atoms with Gasteiger partial charge in [0.1, 0.15) is 17.4 Å². The smallest absolute Gasteiger partial charge is 0.152 e. The van der Waals surface area contributed by atoms with Crippen molar-refractivity contribution in [3.63, 3.8) is 0 Å². The van der Waals surface area contributed by atoms with Crippen molar-refractivity contribution in [2.75, 3.05) is 18.1 Å². The molecule has 3 rings (SSSR count). The van der Waals surface area contributed by atoms with Gasteiger partial charge < -0.3 is 9.30 Å². The third-order valence-corrected chi connectivity index (χ3v) is 5.97. The molecule has 0 unspecified atom stereocenters. The minimum Gasteiger partial charge on any atom is -0.493 e. The van der Waals surface area contributed by atoms with Crippen molar-refractivity contribution in [3.8, 4) is 5.75 Å². The van der Waals surface area contributed by atoms with Crippen LogP contribution in [-0.4, -0.2) is 41.3 Å². The summed E-state index contributed by atoms with van der Waals surface area (Å²) in [5, 5.41) is 9.04. The normalized spacial score (nSPS) is 16.4. The topological polar surface area (TPSA) is 74.1 Å². The average Bonchev–Trinajstić information content (AvgIpc) is 2.84. The van der Waals surface area contributed by atoms with Crippen molar-refractivity contribution in [1.82, 2.24) is 14.8 Å². The second-order valence-corrected chi connectivity index (χ2v) is 8.69. The fourth-order valence-electron chi connectivity index (χ4n) is 2.77. The largest absolute Gasteiger partial charge is 0.493 e.